The van der Waals surface area contributed by atoms with Gasteiger partial charge in [-0.25, -0.2) is 0 Å². The minimum absolute atomic E-state index is 0.102. The first-order chi connectivity index (χ1) is 9.58. The van der Waals surface area contributed by atoms with Gasteiger partial charge in [-0.15, -0.1) is 0 Å². The number of phenolic OH excluding ortho intramolecular Hbond substituents is 1. The molecule has 1 aliphatic heterocycles. The van der Waals surface area contributed by atoms with Crippen LogP contribution in [0, 0.1) is 0 Å². The molecule has 0 unspecified atom stereocenters. The molecule has 0 aromatic heterocycles. The molecule has 0 amide bonds. The minimum Gasteiger partial charge on any atom is -0.508 e. The molecule has 3 atom stereocenters. The van der Waals surface area contributed by atoms with E-state index < -0.39 is 5.60 Å². The zero-order valence-corrected chi connectivity index (χ0v) is 11.7. The SMILES string of the molecule is C=C1CCC[C@@]2(O)[C@H]3Cc4ccc(O)cc4[C@@]12CCN3. The lowest BCUT2D eigenvalue weighted by Gasteiger charge is -2.61. The Morgan fingerprint density at radius 2 is 2.15 bits per heavy atom. The van der Waals surface area contributed by atoms with E-state index in [-0.39, 0.29) is 17.2 Å². The van der Waals surface area contributed by atoms with Gasteiger partial charge in [-0.1, -0.05) is 18.2 Å². The molecule has 3 nitrogen and oxygen atoms in total. The van der Waals surface area contributed by atoms with Crippen LogP contribution in [0.5, 0.6) is 5.75 Å². The van der Waals surface area contributed by atoms with Crippen LogP contribution in [0.15, 0.2) is 30.4 Å². The van der Waals surface area contributed by atoms with E-state index in [1.54, 1.807) is 6.07 Å². The summed E-state index contributed by atoms with van der Waals surface area (Å²) in [6, 6.07) is 5.72. The molecular formula is C17H21NO2. The van der Waals surface area contributed by atoms with Crippen LogP contribution in [-0.2, 0) is 11.8 Å². The first-order valence-corrected chi connectivity index (χ1v) is 7.54. The highest BCUT2D eigenvalue weighted by atomic mass is 16.3. The van der Waals surface area contributed by atoms with Gasteiger partial charge in [-0.2, -0.15) is 0 Å². The van der Waals surface area contributed by atoms with Crippen LogP contribution in [0.4, 0.5) is 0 Å². The second-order valence-corrected chi connectivity index (χ2v) is 6.59. The molecule has 3 aliphatic rings. The van der Waals surface area contributed by atoms with Crippen molar-refractivity contribution >= 4 is 0 Å². The van der Waals surface area contributed by atoms with E-state index in [0.717, 1.165) is 49.8 Å². The van der Waals surface area contributed by atoms with Crippen molar-refractivity contribution in [3.8, 4) is 5.75 Å². The highest BCUT2D eigenvalue weighted by Gasteiger charge is 2.62. The number of nitrogens with one attached hydrogen (secondary N) is 1. The van der Waals surface area contributed by atoms with Crippen molar-refractivity contribution in [3.05, 3.63) is 41.5 Å². The predicted octanol–water partition coefficient (Wildman–Crippen LogP) is 2.02. The molecule has 2 fully saturated rings. The van der Waals surface area contributed by atoms with Crippen molar-refractivity contribution in [1.82, 2.24) is 5.32 Å². The molecule has 2 aliphatic carbocycles. The monoisotopic (exact) mass is 271 g/mol. The number of fused-ring (bicyclic) bond motifs is 1. The number of hydrogen-bond acceptors (Lipinski definition) is 3. The standard InChI is InChI=1S/C17H21NO2/c1-11-3-2-6-17(20)15-9-12-4-5-13(19)10-14(12)16(11,17)7-8-18-15/h4-5,10,15,18-20H,1-3,6-9H2/t15-,16-,17-/m1/s1. The van der Waals surface area contributed by atoms with Crippen molar-refractivity contribution in [1.29, 1.82) is 0 Å². The normalized spacial score (nSPS) is 39.0. The lowest BCUT2D eigenvalue weighted by Crippen LogP contribution is -2.72. The van der Waals surface area contributed by atoms with E-state index in [4.69, 9.17) is 0 Å². The van der Waals surface area contributed by atoms with Gasteiger partial charge >= 0.3 is 0 Å². The Kier molecular flexibility index (Phi) is 2.40. The first kappa shape index (κ1) is 12.4. The van der Waals surface area contributed by atoms with Crippen LogP contribution in [0.25, 0.3) is 0 Å². The van der Waals surface area contributed by atoms with E-state index in [1.807, 2.05) is 12.1 Å². The van der Waals surface area contributed by atoms with E-state index >= 15 is 0 Å². The summed E-state index contributed by atoms with van der Waals surface area (Å²) < 4.78 is 0. The van der Waals surface area contributed by atoms with Gasteiger partial charge in [0.25, 0.3) is 0 Å². The number of aromatic hydroxyl groups is 1. The molecule has 106 valence electrons. The molecule has 3 N–H and O–H groups in total. The molecular weight excluding hydrogens is 250 g/mol. The van der Waals surface area contributed by atoms with Gasteiger partial charge in [-0.05, 0) is 61.9 Å². The number of piperidine rings is 1. The molecule has 0 radical (unpaired) electrons. The average Bonchev–Trinajstić information content (AvgIpc) is 2.40. The summed E-state index contributed by atoms with van der Waals surface area (Å²) in [5, 5.41) is 24.9. The van der Waals surface area contributed by atoms with E-state index in [1.165, 1.54) is 5.56 Å². The van der Waals surface area contributed by atoms with Gasteiger partial charge in [0.2, 0.25) is 0 Å². The van der Waals surface area contributed by atoms with Gasteiger partial charge in [0.05, 0.1) is 5.60 Å². The lowest BCUT2D eigenvalue weighted by atomic mass is 9.48. The fourth-order valence-electron chi connectivity index (χ4n) is 4.93. The second kappa shape index (κ2) is 3.86. The highest BCUT2D eigenvalue weighted by molar-refractivity contribution is 5.53. The molecule has 0 spiro atoms. The fourth-order valence-corrected chi connectivity index (χ4v) is 4.93. The van der Waals surface area contributed by atoms with E-state index in [9.17, 15) is 10.2 Å². The van der Waals surface area contributed by atoms with Crippen molar-refractivity contribution in [2.24, 2.45) is 0 Å². The van der Waals surface area contributed by atoms with E-state index in [0.29, 0.717) is 0 Å². The Bertz CT molecular complexity index is 597. The number of rotatable bonds is 0. The van der Waals surface area contributed by atoms with Gasteiger partial charge in [0, 0.05) is 11.5 Å². The summed E-state index contributed by atoms with van der Waals surface area (Å²) in [6.07, 6.45) is 4.50. The first-order valence-electron chi connectivity index (χ1n) is 7.54. The lowest BCUT2D eigenvalue weighted by molar-refractivity contribution is -0.103. The summed E-state index contributed by atoms with van der Waals surface area (Å²) in [5.41, 5.74) is 2.38. The average molecular weight is 271 g/mol. The zero-order valence-electron chi connectivity index (χ0n) is 11.7. The zero-order chi connectivity index (χ0) is 14.0. The van der Waals surface area contributed by atoms with Crippen LogP contribution in [0.1, 0.15) is 36.8 Å². The summed E-state index contributed by atoms with van der Waals surface area (Å²) in [6.45, 7) is 5.22. The number of hydrogen-bond donors (Lipinski definition) is 3. The van der Waals surface area contributed by atoms with Gasteiger partial charge < -0.3 is 15.5 Å². The maximum atomic E-state index is 11.5. The summed E-state index contributed by atoms with van der Waals surface area (Å²) in [5.74, 6) is 0.288. The molecule has 1 saturated heterocycles. The third-order valence-corrected chi connectivity index (χ3v) is 5.82. The maximum absolute atomic E-state index is 11.5. The Hall–Kier alpha value is -1.32. The summed E-state index contributed by atoms with van der Waals surface area (Å²) in [4.78, 5) is 0. The molecule has 4 rings (SSSR count). The molecule has 20 heavy (non-hydrogen) atoms. The highest BCUT2D eigenvalue weighted by Crippen LogP contribution is 2.58. The minimum atomic E-state index is -0.749. The van der Waals surface area contributed by atoms with Crippen molar-refractivity contribution in [3.63, 3.8) is 0 Å². The number of benzene rings is 1. The predicted molar refractivity (Wildman–Crippen MR) is 77.8 cm³/mol. The Balaban J connectivity index is 2.02. The van der Waals surface area contributed by atoms with E-state index in [2.05, 4.69) is 11.9 Å². The van der Waals surface area contributed by atoms with Crippen LogP contribution >= 0.6 is 0 Å². The number of phenols is 1. The quantitative estimate of drug-likeness (QED) is 0.633. The summed E-state index contributed by atoms with van der Waals surface area (Å²) >= 11 is 0. The van der Waals surface area contributed by atoms with Crippen molar-refractivity contribution < 1.29 is 10.2 Å². The van der Waals surface area contributed by atoms with Crippen LogP contribution in [-0.4, -0.2) is 28.4 Å². The fraction of sp³-hybridized carbons (Fsp3) is 0.529. The topological polar surface area (TPSA) is 52.5 Å². The van der Waals surface area contributed by atoms with Gasteiger partial charge in [0.1, 0.15) is 5.75 Å². The van der Waals surface area contributed by atoms with Crippen LogP contribution < -0.4 is 5.32 Å². The Labute approximate surface area is 119 Å². The van der Waals surface area contributed by atoms with Crippen molar-refractivity contribution in [2.75, 3.05) is 6.54 Å². The van der Waals surface area contributed by atoms with Crippen molar-refractivity contribution in [2.45, 2.75) is 49.2 Å². The van der Waals surface area contributed by atoms with Crippen LogP contribution in [0.3, 0.4) is 0 Å². The van der Waals surface area contributed by atoms with Gasteiger partial charge in [0.15, 0.2) is 0 Å². The molecule has 3 heteroatoms. The largest absolute Gasteiger partial charge is 0.508 e. The number of aliphatic hydroxyl groups is 1. The second-order valence-electron chi connectivity index (χ2n) is 6.59. The summed E-state index contributed by atoms with van der Waals surface area (Å²) in [7, 11) is 0. The molecule has 1 heterocycles. The third kappa shape index (κ3) is 1.28. The maximum Gasteiger partial charge on any atom is 0.115 e. The molecule has 1 aromatic rings. The molecule has 1 saturated carbocycles. The van der Waals surface area contributed by atoms with Gasteiger partial charge in [-0.3, -0.25) is 0 Å². The van der Waals surface area contributed by atoms with Crippen LogP contribution in [0.2, 0.25) is 0 Å². The molecule has 1 aromatic carbocycles. The molecule has 2 bridgehead atoms. The smallest absolute Gasteiger partial charge is 0.115 e. The Morgan fingerprint density at radius 3 is 3.00 bits per heavy atom. The third-order valence-electron chi connectivity index (χ3n) is 5.82. The Morgan fingerprint density at radius 1 is 1.30 bits per heavy atom.